The van der Waals surface area contributed by atoms with Crippen molar-refractivity contribution in [3.8, 4) is 0 Å². The van der Waals surface area contributed by atoms with E-state index in [4.69, 9.17) is 16.0 Å². The number of aliphatic hydroxyl groups is 1. The molecule has 0 aliphatic carbocycles. The first-order valence-corrected chi connectivity index (χ1v) is 5.41. The van der Waals surface area contributed by atoms with E-state index in [-0.39, 0.29) is 18.4 Å². The molecule has 1 fully saturated rings. The third kappa shape index (κ3) is 2.28. The zero-order chi connectivity index (χ0) is 12.3. The molecule has 1 unspecified atom stereocenters. The first-order chi connectivity index (χ1) is 8.26. The van der Waals surface area contributed by atoms with E-state index in [0.29, 0.717) is 17.9 Å². The first-order valence-electron chi connectivity index (χ1n) is 5.41. The molecule has 1 aliphatic heterocycles. The largest absolute Gasteiger partial charge is 0.409 e. The van der Waals surface area contributed by atoms with Crippen LogP contribution in [0.3, 0.4) is 0 Å². The Bertz CT molecular complexity index is 423. The van der Waals surface area contributed by atoms with Crippen molar-refractivity contribution in [1.29, 1.82) is 0 Å². The molecule has 1 atom stereocenters. The van der Waals surface area contributed by atoms with Gasteiger partial charge in [0.15, 0.2) is 11.7 Å². The summed E-state index contributed by atoms with van der Waals surface area (Å²) in [6, 6.07) is 1.66. The van der Waals surface area contributed by atoms with Crippen molar-refractivity contribution in [3.63, 3.8) is 0 Å². The first kappa shape index (κ1) is 11.6. The van der Waals surface area contributed by atoms with Gasteiger partial charge < -0.3 is 20.9 Å². The van der Waals surface area contributed by atoms with Crippen molar-refractivity contribution in [2.24, 2.45) is 16.8 Å². The molecule has 2 heterocycles. The highest BCUT2D eigenvalue weighted by atomic mass is 16.4. The lowest BCUT2D eigenvalue weighted by Gasteiger charge is -2.18. The molecule has 4 N–H and O–H groups in total. The van der Waals surface area contributed by atoms with Gasteiger partial charge in [0.2, 0.25) is 0 Å². The summed E-state index contributed by atoms with van der Waals surface area (Å²) < 4.78 is 0. The molecule has 7 heteroatoms. The van der Waals surface area contributed by atoms with Gasteiger partial charge >= 0.3 is 0 Å². The SMILES string of the molecule is N/C(=N/O)c1ccnnc1N1CCC(CO)C1. The molecule has 1 aliphatic rings. The average molecular weight is 237 g/mol. The summed E-state index contributed by atoms with van der Waals surface area (Å²) in [5.41, 5.74) is 6.14. The number of oxime groups is 1. The topological polar surface area (TPSA) is 108 Å². The summed E-state index contributed by atoms with van der Waals surface area (Å²) in [5, 5.41) is 28.6. The number of aliphatic hydroxyl groups excluding tert-OH is 1. The van der Waals surface area contributed by atoms with Crippen molar-refractivity contribution >= 4 is 11.7 Å². The molecule has 1 aromatic heterocycles. The van der Waals surface area contributed by atoms with E-state index in [1.54, 1.807) is 6.07 Å². The summed E-state index contributed by atoms with van der Waals surface area (Å²) in [7, 11) is 0. The zero-order valence-electron chi connectivity index (χ0n) is 9.32. The van der Waals surface area contributed by atoms with Gasteiger partial charge in [-0.05, 0) is 12.5 Å². The maximum absolute atomic E-state index is 9.10. The van der Waals surface area contributed by atoms with Crippen LogP contribution >= 0.6 is 0 Å². The molecule has 0 aromatic carbocycles. The van der Waals surface area contributed by atoms with Gasteiger partial charge in [0.05, 0.1) is 11.8 Å². The second-order valence-corrected chi connectivity index (χ2v) is 4.04. The molecule has 1 saturated heterocycles. The average Bonchev–Trinajstić information content (AvgIpc) is 2.86. The Kier molecular flexibility index (Phi) is 3.38. The number of rotatable bonds is 3. The Labute approximate surface area is 98.6 Å². The smallest absolute Gasteiger partial charge is 0.173 e. The fourth-order valence-corrected chi connectivity index (χ4v) is 1.99. The second-order valence-electron chi connectivity index (χ2n) is 4.04. The second kappa shape index (κ2) is 4.96. The number of amidine groups is 1. The molecule has 0 bridgehead atoms. The van der Waals surface area contributed by atoms with Crippen LogP contribution in [0.2, 0.25) is 0 Å². The third-order valence-electron chi connectivity index (χ3n) is 2.93. The lowest BCUT2D eigenvalue weighted by atomic mass is 10.1. The van der Waals surface area contributed by atoms with Crippen LogP contribution in [-0.4, -0.2) is 46.0 Å². The molecular weight excluding hydrogens is 222 g/mol. The minimum atomic E-state index is 0.0161. The van der Waals surface area contributed by atoms with Gasteiger partial charge in [-0.1, -0.05) is 5.16 Å². The van der Waals surface area contributed by atoms with Crippen LogP contribution in [0.4, 0.5) is 5.82 Å². The van der Waals surface area contributed by atoms with Crippen LogP contribution in [0.5, 0.6) is 0 Å². The predicted octanol–water partition coefficient (Wildman–Crippen LogP) is -0.610. The van der Waals surface area contributed by atoms with Crippen LogP contribution in [0.1, 0.15) is 12.0 Å². The van der Waals surface area contributed by atoms with Crippen LogP contribution in [0, 0.1) is 5.92 Å². The summed E-state index contributed by atoms with van der Waals surface area (Å²) in [6.07, 6.45) is 2.40. The maximum Gasteiger partial charge on any atom is 0.173 e. The monoisotopic (exact) mass is 237 g/mol. The van der Waals surface area contributed by atoms with E-state index in [1.807, 2.05) is 4.90 Å². The van der Waals surface area contributed by atoms with E-state index in [0.717, 1.165) is 13.0 Å². The summed E-state index contributed by atoms with van der Waals surface area (Å²) in [4.78, 5) is 1.99. The number of hydrogen-bond acceptors (Lipinski definition) is 6. The summed E-state index contributed by atoms with van der Waals surface area (Å²) in [6.45, 7) is 1.66. The van der Waals surface area contributed by atoms with Gasteiger partial charge in [0, 0.05) is 25.6 Å². The van der Waals surface area contributed by atoms with Gasteiger partial charge in [0.1, 0.15) is 0 Å². The van der Waals surface area contributed by atoms with Gasteiger partial charge in [-0.2, -0.15) is 5.10 Å². The fourth-order valence-electron chi connectivity index (χ4n) is 1.99. The van der Waals surface area contributed by atoms with Gasteiger partial charge in [-0.3, -0.25) is 0 Å². The molecule has 0 amide bonds. The van der Waals surface area contributed by atoms with Crippen LogP contribution in [0.25, 0.3) is 0 Å². The Hall–Kier alpha value is -1.89. The molecule has 7 nitrogen and oxygen atoms in total. The van der Waals surface area contributed by atoms with Crippen LogP contribution < -0.4 is 10.6 Å². The Balaban J connectivity index is 2.27. The Morgan fingerprint density at radius 1 is 1.65 bits per heavy atom. The van der Waals surface area contributed by atoms with Crippen molar-refractivity contribution < 1.29 is 10.3 Å². The molecule has 17 heavy (non-hydrogen) atoms. The van der Waals surface area contributed by atoms with Crippen molar-refractivity contribution in [2.45, 2.75) is 6.42 Å². The van der Waals surface area contributed by atoms with Gasteiger partial charge in [-0.15, -0.1) is 5.10 Å². The van der Waals surface area contributed by atoms with Crippen molar-refractivity contribution in [1.82, 2.24) is 10.2 Å². The highest BCUT2D eigenvalue weighted by molar-refractivity contribution is 6.01. The fraction of sp³-hybridized carbons (Fsp3) is 0.500. The molecule has 0 spiro atoms. The van der Waals surface area contributed by atoms with Crippen LogP contribution in [0.15, 0.2) is 17.4 Å². The molecular formula is C10H15N5O2. The minimum Gasteiger partial charge on any atom is -0.409 e. The molecule has 1 aromatic rings. The zero-order valence-corrected chi connectivity index (χ0v) is 9.32. The van der Waals surface area contributed by atoms with Crippen molar-refractivity contribution in [3.05, 3.63) is 17.8 Å². The third-order valence-corrected chi connectivity index (χ3v) is 2.93. The normalized spacial score (nSPS) is 20.9. The van der Waals surface area contributed by atoms with E-state index in [1.165, 1.54) is 6.20 Å². The summed E-state index contributed by atoms with van der Waals surface area (Å²) >= 11 is 0. The van der Waals surface area contributed by atoms with E-state index in [2.05, 4.69) is 15.4 Å². The highest BCUT2D eigenvalue weighted by Crippen LogP contribution is 2.24. The summed E-state index contributed by atoms with van der Waals surface area (Å²) in [5.74, 6) is 0.859. The number of anilines is 1. The highest BCUT2D eigenvalue weighted by Gasteiger charge is 2.25. The lowest BCUT2D eigenvalue weighted by Crippen LogP contribution is -2.26. The van der Waals surface area contributed by atoms with Crippen molar-refractivity contribution in [2.75, 3.05) is 24.6 Å². The van der Waals surface area contributed by atoms with E-state index >= 15 is 0 Å². The lowest BCUT2D eigenvalue weighted by molar-refractivity contribution is 0.238. The minimum absolute atomic E-state index is 0.0161. The Morgan fingerprint density at radius 2 is 2.47 bits per heavy atom. The maximum atomic E-state index is 9.10. The van der Waals surface area contributed by atoms with Gasteiger partial charge in [0.25, 0.3) is 0 Å². The van der Waals surface area contributed by atoms with E-state index < -0.39 is 0 Å². The quantitative estimate of drug-likeness (QED) is 0.280. The van der Waals surface area contributed by atoms with Gasteiger partial charge in [-0.25, -0.2) is 0 Å². The number of hydrogen-bond donors (Lipinski definition) is 3. The molecule has 2 rings (SSSR count). The number of aromatic nitrogens is 2. The molecule has 0 saturated carbocycles. The van der Waals surface area contributed by atoms with Crippen LogP contribution in [-0.2, 0) is 0 Å². The molecule has 92 valence electrons. The predicted molar refractivity (Wildman–Crippen MR) is 61.9 cm³/mol. The number of nitrogens with two attached hydrogens (primary N) is 1. The standard InChI is InChI=1S/C10H15N5O2/c11-9(14-17)8-1-3-12-13-10(8)15-4-2-7(5-15)6-16/h1,3,7,16-17H,2,4-6H2,(H2,11,14). The molecule has 0 radical (unpaired) electrons. The van der Waals surface area contributed by atoms with E-state index in [9.17, 15) is 0 Å². The Morgan fingerprint density at radius 3 is 3.12 bits per heavy atom. The number of nitrogens with zero attached hydrogens (tertiary/aromatic N) is 4.